The van der Waals surface area contributed by atoms with Crippen molar-refractivity contribution in [2.75, 3.05) is 13.9 Å². The molecule has 0 aliphatic heterocycles. The Morgan fingerprint density at radius 1 is 0.976 bits per heavy atom. The van der Waals surface area contributed by atoms with Crippen LogP contribution in [0.15, 0.2) is 60.7 Å². The number of rotatable bonds is 9. The Morgan fingerprint density at radius 2 is 1.59 bits per heavy atom. The molecule has 0 bridgehead atoms. The highest BCUT2D eigenvalue weighted by atomic mass is 35.5. The van der Waals surface area contributed by atoms with E-state index in [1.165, 1.54) is 19.2 Å². The molecule has 0 radical (unpaired) electrons. The first-order chi connectivity index (χ1) is 19.4. The van der Waals surface area contributed by atoms with Crippen LogP contribution >= 0.6 is 11.6 Å². The lowest BCUT2D eigenvalue weighted by Crippen LogP contribution is -2.16. The zero-order valence-corrected chi connectivity index (χ0v) is 23.1. The first-order valence-corrected chi connectivity index (χ1v) is 12.6. The van der Waals surface area contributed by atoms with Crippen LogP contribution in [0.3, 0.4) is 0 Å². The van der Waals surface area contributed by atoms with Gasteiger partial charge in [-0.15, -0.1) is 13.2 Å². The van der Waals surface area contributed by atoms with E-state index in [1.807, 2.05) is 0 Å². The second-order valence-electron chi connectivity index (χ2n) is 8.87. The van der Waals surface area contributed by atoms with Gasteiger partial charge < -0.3 is 28.4 Å². The van der Waals surface area contributed by atoms with E-state index in [0.717, 1.165) is 12.1 Å². The Labute approximate surface area is 238 Å². The Bertz CT molecular complexity index is 1530. The van der Waals surface area contributed by atoms with E-state index >= 15 is 0 Å². The van der Waals surface area contributed by atoms with Crippen molar-refractivity contribution >= 4 is 28.7 Å². The highest BCUT2D eigenvalue weighted by Gasteiger charge is 2.31. The minimum Gasteiger partial charge on any atom is -0.495 e. The highest BCUT2D eigenvalue weighted by molar-refractivity contribution is 6.33. The molecule has 1 aromatic heterocycles. The maximum Gasteiger partial charge on any atom is 0.573 e. The summed E-state index contributed by atoms with van der Waals surface area (Å²) in [5.41, 5.74) is 2.46. The summed E-state index contributed by atoms with van der Waals surface area (Å²) >= 11 is 6.40. The van der Waals surface area contributed by atoms with Crippen LogP contribution < -0.4 is 18.9 Å². The fraction of sp³-hybridized carbons (Fsp3) is 0.241. The van der Waals surface area contributed by atoms with E-state index in [-0.39, 0.29) is 11.9 Å². The lowest BCUT2D eigenvalue weighted by molar-refractivity contribution is -0.274. The van der Waals surface area contributed by atoms with Crippen LogP contribution in [-0.2, 0) is 9.47 Å². The molecule has 0 aliphatic carbocycles. The maximum absolute atomic E-state index is 12.4. The lowest BCUT2D eigenvalue weighted by Gasteiger charge is -2.18. The summed E-state index contributed by atoms with van der Waals surface area (Å²) in [6.45, 7) is 4.75. The quantitative estimate of drug-likeness (QED) is 0.142. The molecule has 0 unspecified atom stereocenters. The standard InChI is InChI=1S/C29H25ClF3NO7/c1-16(2)39-28(35)38-15-37-27-22-13-23(30)25(36-4)14-24(22)34-17(3)26(27)18-5-7-19(8-6-18)40-20-9-11-21(12-10-20)41-29(31,32)33/h5-14,16H,15H2,1-4H3. The lowest BCUT2D eigenvalue weighted by atomic mass is 10.00. The van der Waals surface area contributed by atoms with Gasteiger partial charge in [0, 0.05) is 22.7 Å². The smallest absolute Gasteiger partial charge is 0.495 e. The summed E-state index contributed by atoms with van der Waals surface area (Å²) in [7, 11) is 1.49. The zero-order valence-electron chi connectivity index (χ0n) is 22.4. The van der Waals surface area contributed by atoms with Gasteiger partial charge in [-0.25, -0.2) is 4.79 Å². The Balaban J connectivity index is 1.63. The number of ether oxygens (including phenoxy) is 6. The maximum atomic E-state index is 12.4. The number of aryl methyl sites for hydroxylation is 1. The Hall–Kier alpha value is -4.38. The van der Waals surface area contributed by atoms with Crippen LogP contribution in [0.25, 0.3) is 22.0 Å². The van der Waals surface area contributed by atoms with Gasteiger partial charge in [0.25, 0.3) is 0 Å². The van der Waals surface area contributed by atoms with Gasteiger partial charge in [0.15, 0.2) is 0 Å². The van der Waals surface area contributed by atoms with Crippen molar-refractivity contribution in [1.82, 2.24) is 4.98 Å². The third-order valence-electron chi connectivity index (χ3n) is 5.54. The van der Waals surface area contributed by atoms with Gasteiger partial charge in [-0.3, -0.25) is 4.98 Å². The zero-order chi connectivity index (χ0) is 29.7. The number of benzene rings is 3. The van der Waals surface area contributed by atoms with Crippen molar-refractivity contribution in [3.05, 3.63) is 71.4 Å². The molecule has 12 heteroatoms. The third-order valence-corrected chi connectivity index (χ3v) is 5.84. The number of hydrogen-bond donors (Lipinski definition) is 0. The number of nitrogens with zero attached hydrogens (tertiary/aromatic N) is 1. The average Bonchev–Trinajstić information content (AvgIpc) is 2.89. The van der Waals surface area contributed by atoms with Crippen molar-refractivity contribution in [2.45, 2.75) is 33.2 Å². The van der Waals surface area contributed by atoms with Crippen LogP contribution in [0.2, 0.25) is 5.02 Å². The molecule has 0 saturated carbocycles. The molecule has 0 atom stereocenters. The van der Waals surface area contributed by atoms with Crippen LogP contribution in [0.1, 0.15) is 19.5 Å². The summed E-state index contributed by atoms with van der Waals surface area (Å²) < 4.78 is 68.2. The van der Waals surface area contributed by atoms with E-state index in [1.54, 1.807) is 57.2 Å². The molecule has 0 aliphatic rings. The number of carbonyl (C=O) groups excluding carboxylic acids is 1. The second-order valence-corrected chi connectivity index (χ2v) is 9.28. The van der Waals surface area contributed by atoms with E-state index in [0.29, 0.717) is 55.7 Å². The molecular weight excluding hydrogens is 567 g/mol. The Kier molecular flexibility index (Phi) is 8.97. The number of aromatic nitrogens is 1. The minimum absolute atomic E-state index is 0.314. The number of methoxy groups -OCH3 is 1. The fourth-order valence-electron chi connectivity index (χ4n) is 3.90. The number of hydrogen-bond acceptors (Lipinski definition) is 8. The van der Waals surface area contributed by atoms with Crippen LogP contribution in [-0.4, -0.2) is 37.5 Å². The first kappa shape index (κ1) is 29.6. The van der Waals surface area contributed by atoms with Crippen LogP contribution in [0.4, 0.5) is 18.0 Å². The van der Waals surface area contributed by atoms with E-state index in [9.17, 15) is 18.0 Å². The van der Waals surface area contributed by atoms with Gasteiger partial charge in [-0.05, 0) is 68.8 Å². The molecule has 0 spiro atoms. The number of carbonyl (C=O) groups is 1. The van der Waals surface area contributed by atoms with Crippen molar-refractivity contribution in [1.29, 1.82) is 0 Å². The highest BCUT2D eigenvalue weighted by Crippen LogP contribution is 2.42. The molecule has 3 aromatic carbocycles. The molecule has 0 saturated heterocycles. The van der Waals surface area contributed by atoms with Crippen LogP contribution in [0, 0.1) is 6.92 Å². The van der Waals surface area contributed by atoms with Gasteiger partial charge in [0.05, 0.1) is 23.8 Å². The predicted molar refractivity (Wildman–Crippen MR) is 145 cm³/mol. The number of fused-ring (bicyclic) bond motifs is 1. The SMILES string of the molecule is COc1cc2nc(C)c(-c3ccc(Oc4ccc(OC(F)(F)F)cc4)cc3)c(OCOC(=O)OC(C)C)c2cc1Cl. The molecular formula is C29H25ClF3NO7. The minimum atomic E-state index is -4.78. The molecule has 0 N–H and O–H groups in total. The predicted octanol–water partition coefficient (Wildman–Crippen LogP) is 8.46. The molecule has 216 valence electrons. The Morgan fingerprint density at radius 3 is 2.17 bits per heavy atom. The molecule has 1 heterocycles. The third kappa shape index (κ3) is 7.63. The molecule has 41 heavy (non-hydrogen) atoms. The monoisotopic (exact) mass is 591 g/mol. The molecule has 4 rings (SSSR count). The molecule has 0 amide bonds. The van der Waals surface area contributed by atoms with E-state index in [2.05, 4.69) is 4.74 Å². The van der Waals surface area contributed by atoms with Gasteiger partial charge >= 0.3 is 12.5 Å². The molecule has 4 aromatic rings. The largest absolute Gasteiger partial charge is 0.573 e. The summed E-state index contributed by atoms with van der Waals surface area (Å²) in [5, 5.41) is 0.885. The molecule has 8 nitrogen and oxygen atoms in total. The van der Waals surface area contributed by atoms with E-state index in [4.69, 9.17) is 40.3 Å². The first-order valence-electron chi connectivity index (χ1n) is 12.2. The summed E-state index contributed by atoms with van der Waals surface area (Å²) in [6, 6.07) is 15.3. The van der Waals surface area contributed by atoms with Gasteiger partial charge in [0.2, 0.25) is 6.79 Å². The number of alkyl halides is 3. The van der Waals surface area contributed by atoms with Gasteiger partial charge in [-0.1, -0.05) is 23.7 Å². The summed E-state index contributed by atoms with van der Waals surface area (Å²) in [4.78, 5) is 16.6. The van der Waals surface area contributed by atoms with Crippen molar-refractivity contribution in [3.63, 3.8) is 0 Å². The second kappa shape index (κ2) is 12.4. The van der Waals surface area contributed by atoms with Crippen molar-refractivity contribution < 1.29 is 46.4 Å². The topological polar surface area (TPSA) is 85.3 Å². The summed E-state index contributed by atoms with van der Waals surface area (Å²) in [6.07, 6.45) is -6.02. The van der Waals surface area contributed by atoms with Crippen molar-refractivity contribution in [2.24, 2.45) is 0 Å². The van der Waals surface area contributed by atoms with Crippen LogP contribution in [0.5, 0.6) is 28.7 Å². The number of pyridine rings is 1. The van der Waals surface area contributed by atoms with Gasteiger partial charge in [0.1, 0.15) is 28.7 Å². The average molecular weight is 592 g/mol. The fourth-order valence-corrected chi connectivity index (χ4v) is 4.14. The van der Waals surface area contributed by atoms with Gasteiger partial charge in [-0.2, -0.15) is 0 Å². The summed E-state index contributed by atoms with van der Waals surface area (Å²) in [5.74, 6) is 1.18. The van der Waals surface area contributed by atoms with E-state index < -0.39 is 19.3 Å². The normalized spacial score (nSPS) is 11.3. The molecule has 0 fully saturated rings. The number of halogens is 4. The van der Waals surface area contributed by atoms with Crippen molar-refractivity contribution in [3.8, 4) is 39.9 Å².